The number of benzene rings is 1. The van der Waals surface area contributed by atoms with Crippen molar-refractivity contribution in [2.45, 2.75) is 32.7 Å². The van der Waals surface area contributed by atoms with Crippen LogP contribution in [0, 0.1) is 6.92 Å². The van der Waals surface area contributed by atoms with Crippen LogP contribution in [0.4, 0.5) is 5.69 Å². The Morgan fingerprint density at radius 1 is 1.41 bits per heavy atom. The molecule has 0 saturated carbocycles. The minimum Gasteiger partial charge on any atom is -0.462 e. The number of thiazole rings is 1. The summed E-state index contributed by atoms with van der Waals surface area (Å²) in [7, 11) is 0. The van der Waals surface area contributed by atoms with E-state index in [4.69, 9.17) is 15.2 Å². The van der Waals surface area contributed by atoms with Gasteiger partial charge in [0.1, 0.15) is 9.88 Å². The summed E-state index contributed by atoms with van der Waals surface area (Å²) in [4.78, 5) is 17.2. The van der Waals surface area contributed by atoms with Gasteiger partial charge in [0.15, 0.2) is 0 Å². The van der Waals surface area contributed by atoms with Crippen LogP contribution in [-0.4, -0.2) is 35.3 Å². The van der Waals surface area contributed by atoms with Gasteiger partial charge in [-0.05, 0) is 44.9 Å². The molecule has 6 nitrogen and oxygen atoms in total. The molecule has 4 rings (SSSR count). The van der Waals surface area contributed by atoms with Crippen LogP contribution in [0.5, 0.6) is 0 Å². The van der Waals surface area contributed by atoms with Crippen LogP contribution in [0.25, 0.3) is 21.5 Å². The summed E-state index contributed by atoms with van der Waals surface area (Å²) in [6, 6.07) is 6.62. The van der Waals surface area contributed by atoms with Crippen LogP contribution in [0.3, 0.4) is 0 Å². The zero-order valence-corrected chi connectivity index (χ0v) is 16.3. The summed E-state index contributed by atoms with van der Waals surface area (Å²) >= 11 is 1.36. The molecule has 0 amide bonds. The first kappa shape index (κ1) is 18.0. The highest BCUT2D eigenvalue weighted by Gasteiger charge is 2.20. The molecule has 3 aromatic rings. The van der Waals surface area contributed by atoms with Crippen molar-refractivity contribution in [3.63, 3.8) is 0 Å². The van der Waals surface area contributed by atoms with Crippen LogP contribution >= 0.6 is 11.3 Å². The fourth-order valence-corrected chi connectivity index (χ4v) is 4.54. The topological polar surface area (TPSA) is 79.4 Å². The van der Waals surface area contributed by atoms with Gasteiger partial charge < -0.3 is 19.8 Å². The number of esters is 1. The van der Waals surface area contributed by atoms with Crippen LogP contribution in [-0.2, 0) is 9.47 Å². The fraction of sp³-hybridized carbons (Fsp3) is 0.400. The summed E-state index contributed by atoms with van der Waals surface area (Å²) in [6.45, 7) is 5.57. The maximum Gasteiger partial charge on any atom is 0.350 e. The number of ether oxygens (including phenoxy) is 2. The molecule has 0 unspecified atom stereocenters. The predicted molar refractivity (Wildman–Crippen MR) is 107 cm³/mol. The number of carbonyl (C=O) groups is 1. The number of hydrogen-bond donors (Lipinski definition) is 1. The van der Waals surface area contributed by atoms with E-state index < -0.39 is 0 Å². The molecular formula is C20H23N3O3S. The van der Waals surface area contributed by atoms with Crippen molar-refractivity contribution in [2.75, 3.05) is 25.6 Å². The van der Waals surface area contributed by atoms with E-state index in [0.29, 0.717) is 23.2 Å². The average Bonchev–Trinajstić information content (AvgIpc) is 3.23. The molecule has 1 fully saturated rings. The van der Waals surface area contributed by atoms with Gasteiger partial charge >= 0.3 is 5.97 Å². The second-order valence-electron chi connectivity index (χ2n) is 6.72. The van der Waals surface area contributed by atoms with Gasteiger partial charge in [0.2, 0.25) is 0 Å². The molecule has 2 aromatic heterocycles. The second kappa shape index (κ2) is 7.32. The van der Waals surface area contributed by atoms with Gasteiger partial charge in [-0.2, -0.15) is 0 Å². The predicted octanol–water partition coefficient (Wildman–Crippen LogP) is 4.18. The summed E-state index contributed by atoms with van der Waals surface area (Å²) in [5, 5.41) is 1.82. The number of nitrogens with two attached hydrogens (primary N) is 1. The zero-order valence-electron chi connectivity index (χ0n) is 15.5. The number of anilines is 1. The Morgan fingerprint density at radius 3 is 2.93 bits per heavy atom. The first-order valence-corrected chi connectivity index (χ1v) is 10.0. The van der Waals surface area contributed by atoms with E-state index in [9.17, 15) is 4.79 Å². The van der Waals surface area contributed by atoms with E-state index in [1.807, 2.05) is 19.2 Å². The van der Waals surface area contributed by atoms with Crippen molar-refractivity contribution in [3.8, 4) is 10.6 Å². The Kier molecular flexibility index (Phi) is 4.88. The number of aryl methyl sites for hydroxylation is 1. The van der Waals surface area contributed by atoms with E-state index in [0.717, 1.165) is 53.2 Å². The summed E-state index contributed by atoms with van der Waals surface area (Å²) in [6.07, 6.45) is 4.03. The number of hydrogen-bond acceptors (Lipinski definition) is 6. The maximum atomic E-state index is 12.1. The molecular weight excluding hydrogens is 362 g/mol. The molecule has 27 heavy (non-hydrogen) atoms. The molecule has 142 valence electrons. The largest absolute Gasteiger partial charge is 0.462 e. The van der Waals surface area contributed by atoms with E-state index >= 15 is 0 Å². The average molecular weight is 385 g/mol. The Labute approximate surface area is 161 Å². The highest BCUT2D eigenvalue weighted by molar-refractivity contribution is 7.17. The van der Waals surface area contributed by atoms with Gasteiger partial charge in [-0.3, -0.25) is 0 Å². The molecule has 2 N–H and O–H groups in total. The molecule has 1 aromatic carbocycles. The summed E-state index contributed by atoms with van der Waals surface area (Å²) in [5.41, 5.74) is 9.85. The van der Waals surface area contributed by atoms with E-state index in [2.05, 4.69) is 21.7 Å². The van der Waals surface area contributed by atoms with Crippen molar-refractivity contribution in [3.05, 3.63) is 35.0 Å². The summed E-state index contributed by atoms with van der Waals surface area (Å²) in [5.74, 6) is -0.315. The normalized spacial score (nSPS) is 15.3. The Morgan fingerprint density at radius 2 is 2.19 bits per heavy atom. The first-order valence-electron chi connectivity index (χ1n) is 9.21. The number of nitrogens with zero attached hydrogens (tertiary/aromatic N) is 2. The van der Waals surface area contributed by atoms with Crippen molar-refractivity contribution in [1.82, 2.24) is 9.55 Å². The van der Waals surface area contributed by atoms with Crippen molar-refractivity contribution < 1.29 is 14.3 Å². The highest BCUT2D eigenvalue weighted by Crippen LogP contribution is 2.35. The smallest absolute Gasteiger partial charge is 0.350 e. The van der Waals surface area contributed by atoms with Gasteiger partial charge in [0.25, 0.3) is 0 Å². The standard InChI is InChI=1S/C20H23N3O3S/c1-3-26-20(24)18-12(2)22-19(27-18)13-4-5-17-15(10-13)16(21)11-23(17)14-6-8-25-9-7-14/h4-5,10-11,14H,3,6-9,21H2,1-2H3. The Bertz CT molecular complexity index is 986. The lowest BCUT2D eigenvalue weighted by Crippen LogP contribution is -2.18. The molecule has 0 radical (unpaired) electrons. The zero-order chi connectivity index (χ0) is 19.0. The molecule has 1 aliphatic rings. The second-order valence-corrected chi connectivity index (χ2v) is 7.72. The minimum absolute atomic E-state index is 0.315. The lowest BCUT2D eigenvalue weighted by molar-refractivity contribution is 0.0531. The van der Waals surface area contributed by atoms with Gasteiger partial charge in [-0.25, -0.2) is 9.78 Å². The molecule has 0 aliphatic carbocycles. The van der Waals surface area contributed by atoms with E-state index in [1.54, 1.807) is 6.92 Å². The van der Waals surface area contributed by atoms with E-state index in [-0.39, 0.29) is 5.97 Å². The lowest BCUT2D eigenvalue weighted by Gasteiger charge is -2.24. The lowest BCUT2D eigenvalue weighted by atomic mass is 10.1. The summed E-state index contributed by atoms with van der Waals surface area (Å²) < 4.78 is 12.9. The molecule has 0 bridgehead atoms. The van der Waals surface area contributed by atoms with Gasteiger partial charge in [0, 0.05) is 36.4 Å². The third-order valence-corrected chi connectivity index (χ3v) is 6.14. The molecule has 0 spiro atoms. The van der Waals surface area contributed by atoms with Gasteiger partial charge in [-0.15, -0.1) is 11.3 Å². The van der Waals surface area contributed by atoms with Crippen LogP contribution < -0.4 is 5.73 Å². The Balaban J connectivity index is 1.71. The van der Waals surface area contributed by atoms with Gasteiger partial charge in [0.05, 0.1) is 23.5 Å². The monoisotopic (exact) mass is 385 g/mol. The molecule has 7 heteroatoms. The molecule has 1 aliphatic heterocycles. The third-order valence-electron chi connectivity index (χ3n) is 4.95. The minimum atomic E-state index is -0.315. The van der Waals surface area contributed by atoms with Crippen LogP contribution in [0.2, 0.25) is 0 Å². The number of rotatable bonds is 4. The maximum absolute atomic E-state index is 12.1. The van der Waals surface area contributed by atoms with Crippen molar-refractivity contribution in [2.24, 2.45) is 0 Å². The first-order chi connectivity index (χ1) is 13.1. The third kappa shape index (κ3) is 3.33. The van der Waals surface area contributed by atoms with Crippen LogP contribution in [0.1, 0.15) is 41.2 Å². The number of aromatic nitrogens is 2. The molecule has 1 saturated heterocycles. The molecule has 3 heterocycles. The SMILES string of the molecule is CCOC(=O)c1sc(-c2ccc3c(c2)c(N)cn3C2CCOCC2)nc1C. The fourth-order valence-electron chi connectivity index (χ4n) is 3.59. The van der Waals surface area contributed by atoms with E-state index in [1.165, 1.54) is 11.3 Å². The quantitative estimate of drug-likeness (QED) is 0.682. The van der Waals surface area contributed by atoms with Crippen molar-refractivity contribution in [1.29, 1.82) is 0 Å². The van der Waals surface area contributed by atoms with Crippen LogP contribution in [0.15, 0.2) is 24.4 Å². The number of fused-ring (bicyclic) bond motifs is 1. The number of carbonyl (C=O) groups excluding carboxylic acids is 1. The highest BCUT2D eigenvalue weighted by atomic mass is 32.1. The molecule has 0 atom stereocenters. The van der Waals surface area contributed by atoms with Crippen molar-refractivity contribution >= 4 is 33.9 Å². The number of nitrogen functional groups attached to an aromatic ring is 1. The Hall–Kier alpha value is -2.38. The van der Waals surface area contributed by atoms with Gasteiger partial charge in [-0.1, -0.05) is 0 Å².